The Labute approximate surface area is 123 Å². The molecule has 0 aliphatic heterocycles. The lowest BCUT2D eigenvalue weighted by molar-refractivity contribution is 0.0980. The van der Waals surface area contributed by atoms with Gasteiger partial charge in [-0.05, 0) is 36.6 Å². The van der Waals surface area contributed by atoms with Crippen LogP contribution in [0.15, 0.2) is 48.5 Å². The highest BCUT2D eigenvalue weighted by Crippen LogP contribution is 2.18. The Kier molecular flexibility index (Phi) is 4.92. The smallest absolute Gasteiger partial charge is 0.162 e. The van der Waals surface area contributed by atoms with Crippen LogP contribution in [0.4, 0.5) is 0 Å². The first-order valence-corrected chi connectivity index (χ1v) is 6.85. The van der Waals surface area contributed by atoms with Crippen molar-refractivity contribution in [1.29, 1.82) is 5.26 Å². The van der Waals surface area contributed by atoms with Crippen molar-refractivity contribution < 1.29 is 4.79 Å². The van der Waals surface area contributed by atoms with Crippen molar-refractivity contribution in [3.63, 3.8) is 0 Å². The van der Waals surface area contributed by atoms with Gasteiger partial charge in [0.2, 0.25) is 0 Å². The summed E-state index contributed by atoms with van der Waals surface area (Å²) in [6.07, 6.45) is 1.99. The van der Waals surface area contributed by atoms with E-state index in [0.717, 1.165) is 23.4 Å². The first kappa shape index (κ1) is 14.3. The number of carbonyl (C=O) groups is 1. The summed E-state index contributed by atoms with van der Waals surface area (Å²) in [7, 11) is 0. The molecule has 0 saturated carbocycles. The van der Waals surface area contributed by atoms with Crippen LogP contribution in [-0.4, -0.2) is 5.78 Å². The number of aryl methyl sites for hydroxylation is 1. The summed E-state index contributed by atoms with van der Waals surface area (Å²) < 4.78 is 0. The average molecular weight is 284 g/mol. The van der Waals surface area contributed by atoms with Crippen molar-refractivity contribution in [2.24, 2.45) is 0 Å². The van der Waals surface area contributed by atoms with Gasteiger partial charge in [-0.3, -0.25) is 4.79 Å². The Balaban J connectivity index is 1.93. The number of carbonyl (C=O) groups excluding carboxylic acids is 1. The van der Waals surface area contributed by atoms with E-state index >= 15 is 0 Å². The molecule has 0 amide bonds. The van der Waals surface area contributed by atoms with Crippen LogP contribution in [0.25, 0.3) is 0 Å². The molecule has 0 unspecified atom stereocenters. The van der Waals surface area contributed by atoms with Crippen LogP contribution in [0, 0.1) is 11.3 Å². The van der Waals surface area contributed by atoms with Crippen LogP contribution >= 0.6 is 11.6 Å². The zero-order valence-electron chi connectivity index (χ0n) is 11.0. The molecule has 2 nitrogen and oxygen atoms in total. The molecule has 0 N–H and O–H groups in total. The number of halogens is 1. The third kappa shape index (κ3) is 3.69. The summed E-state index contributed by atoms with van der Waals surface area (Å²) >= 11 is 6.08. The van der Waals surface area contributed by atoms with E-state index in [1.807, 2.05) is 30.3 Å². The SMILES string of the molecule is N#Cc1cccc(C(=O)CCCc2ccccc2Cl)c1. The largest absolute Gasteiger partial charge is 0.294 e. The van der Waals surface area contributed by atoms with Crippen LogP contribution in [0.3, 0.4) is 0 Å². The Hall–Kier alpha value is -2.11. The Morgan fingerprint density at radius 3 is 2.70 bits per heavy atom. The molecule has 0 spiro atoms. The minimum absolute atomic E-state index is 0.0640. The second-order valence-corrected chi connectivity index (χ2v) is 4.97. The highest BCUT2D eigenvalue weighted by molar-refractivity contribution is 6.31. The molecule has 2 aromatic carbocycles. The fourth-order valence-electron chi connectivity index (χ4n) is 2.05. The molecule has 0 saturated heterocycles. The maximum absolute atomic E-state index is 12.0. The van der Waals surface area contributed by atoms with E-state index in [2.05, 4.69) is 0 Å². The third-order valence-electron chi connectivity index (χ3n) is 3.12. The van der Waals surface area contributed by atoms with Crippen molar-refractivity contribution in [2.45, 2.75) is 19.3 Å². The van der Waals surface area contributed by atoms with Crippen LogP contribution < -0.4 is 0 Å². The molecule has 20 heavy (non-hydrogen) atoms. The first-order chi connectivity index (χ1) is 9.70. The van der Waals surface area contributed by atoms with Gasteiger partial charge in [0.05, 0.1) is 11.6 Å². The van der Waals surface area contributed by atoms with Crippen LogP contribution in [0.2, 0.25) is 5.02 Å². The second kappa shape index (κ2) is 6.88. The molecule has 3 heteroatoms. The Morgan fingerprint density at radius 2 is 1.95 bits per heavy atom. The summed E-state index contributed by atoms with van der Waals surface area (Å²) in [5.74, 6) is 0.0640. The Morgan fingerprint density at radius 1 is 1.15 bits per heavy atom. The molecule has 0 radical (unpaired) electrons. The van der Waals surface area contributed by atoms with Crippen molar-refractivity contribution >= 4 is 17.4 Å². The number of benzene rings is 2. The van der Waals surface area contributed by atoms with Crippen molar-refractivity contribution in [1.82, 2.24) is 0 Å². The standard InChI is InChI=1S/C17H14ClNO/c18-16-9-2-1-6-14(16)7-4-10-17(20)15-8-3-5-13(11-15)12-19/h1-3,5-6,8-9,11H,4,7,10H2. The van der Waals surface area contributed by atoms with E-state index in [0.29, 0.717) is 17.5 Å². The summed E-state index contributed by atoms with van der Waals surface area (Å²) in [4.78, 5) is 12.0. The number of nitriles is 1. The van der Waals surface area contributed by atoms with Crippen LogP contribution in [0.1, 0.15) is 34.3 Å². The lowest BCUT2D eigenvalue weighted by Gasteiger charge is -2.04. The van der Waals surface area contributed by atoms with E-state index in [1.165, 1.54) is 0 Å². The number of rotatable bonds is 5. The molecule has 100 valence electrons. The molecule has 0 atom stereocenters. The van der Waals surface area contributed by atoms with Gasteiger partial charge in [-0.2, -0.15) is 5.26 Å². The fraction of sp³-hybridized carbons (Fsp3) is 0.176. The number of ketones is 1. The predicted molar refractivity (Wildman–Crippen MR) is 79.9 cm³/mol. The van der Waals surface area contributed by atoms with Crippen LogP contribution in [-0.2, 0) is 6.42 Å². The predicted octanol–water partition coefficient (Wildman–Crippen LogP) is 4.42. The van der Waals surface area contributed by atoms with Crippen molar-refractivity contribution in [2.75, 3.05) is 0 Å². The molecular formula is C17H14ClNO. The summed E-state index contributed by atoms with van der Waals surface area (Å²) in [5, 5.41) is 9.57. The maximum Gasteiger partial charge on any atom is 0.162 e. The second-order valence-electron chi connectivity index (χ2n) is 4.56. The monoisotopic (exact) mass is 283 g/mol. The molecule has 0 aromatic heterocycles. The van der Waals surface area contributed by atoms with Gasteiger partial charge in [0, 0.05) is 17.0 Å². The highest BCUT2D eigenvalue weighted by atomic mass is 35.5. The lowest BCUT2D eigenvalue weighted by Crippen LogP contribution is -2.00. The molecule has 0 bridgehead atoms. The van der Waals surface area contributed by atoms with E-state index in [1.54, 1.807) is 24.3 Å². The zero-order valence-corrected chi connectivity index (χ0v) is 11.7. The van der Waals surface area contributed by atoms with Gasteiger partial charge in [-0.15, -0.1) is 0 Å². The molecule has 2 aromatic rings. The zero-order chi connectivity index (χ0) is 14.4. The summed E-state index contributed by atoms with van der Waals surface area (Å²) in [6.45, 7) is 0. The number of Topliss-reactive ketones (excluding diaryl/α,β-unsaturated/α-hetero) is 1. The van der Waals surface area contributed by atoms with Gasteiger partial charge in [0.15, 0.2) is 5.78 Å². The number of nitrogens with zero attached hydrogens (tertiary/aromatic N) is 1. The van der Waals surface area contributed by atoms with Gasteiger partial charge < -0.3 is 0 Å². The normalized spacial score (nSPS) is 10.0. The number of hydrogen-bond acceptors (Lipinski definition) is 2. The molecule has 2 rings (SSSR count). The van der Waals surface area contributed by atoms with Gasteiger partial charge >= 0.3 is 0 Å². The van der Waals surface area contributed by atoms with Gasteiger partial charge in [0.1, 0.15) is 0 Å². The first-order valence-electron chi connectivity index (χ1n) is 6.47. The average Bonchev–Trinajstić information content (AvgIpc) is 2.49. The lowest BCUT2D eigenvalue weighted by atomic mass is 10.0. The van der Waals surface area contributed by atoms with E-state index in [-0.39, 0.29) is 5.78 Å². The maximum atomic E-state index is 12.0. The van der Waals surface area contributed by atoms with Gasteiger partial charge in [-0.1, -0.05) is 41.9 Å². The summed E-state index contributed by atoms with van der Waals surface area (Å²) in [6, 6.07) is 16.5. The summed E-state index contributed by atoms with van der Waals surface area (Å²) in [5.41, 5.74) is 2.18. The van der Waals surface area contributed by atoms with E-state index in [4.69, 9.17) is 16.9 Å². The van der Waals surface area contributed by atoms with Crippen LogP contribution in [0.5, 0.6) is 0 Å². The molecule has 0 fully saturated rings. The molecule has 0 heterocycles. The molecule has 0 aliphatic rings. The van der Waals surface area contributed by atoms with Crippen molar-refractivity contribution in [3.05, 3.63) is 70.2 Å². The van der Waals surface area contributed by atoms with E-state index < -0.39 is 0 Å². The Bertz CT molecular complexity index is 658. The van der Waals surface area contributed by atoms with E-state index in [9.17, 15) is 4.79 Å². The minimum Gasteiger partial charge on any atom is -0.294 e. The van der Waals surface area contributed by atoms with Crippen molar-refractivity contribution in [3.8, 4) is 6.07 Å². The quantitative estimate of drug-likeness (QED) is 0.762. The third-order valence-corrected chi connectivity index (χ3v) is 3.49. The molecular weight excluding hydrogens is 270 g/mol. The number of hydrogen-bond donors (Lipinski definition) is 0. The molecule has 0 aliphatic carbocycles. The van der Waals surface area contributed by atoms with Gasteiger partial charge in [-0.25, -0.2) is 0 Å². The van der Waals surface area contributed by atoms with Gasteiger partial charge in [0.25, 0.3) is 0 Å². The topological polar surface area (TPSA) is 40.9 Å². The minimum atomic E-state index is 0.0640. The fourth-order valence-corrected chi connectivity index (χ4v) is 2.28. The highest BCUT2D eigenvalue weighted by Gasteiger charge is 2.07.